The summed E-state index contributed by atoms with van der Waals surface area (Å²) < 4.78 is 14.4. The van der Waals surface area contributed by atoms with Gasteiger partial charge in [-0.25, -0.2) is 4.39 Å². The summed E-state index contributed by atoms with van der Waals surface area (Å²) in [7, 11) is 0. The minimum absolute atomic E-state index is 0.281. The predicted molar refractivity (Wildman–Crippen MR) is 75.6 cm³/mol. The first kappa shape index (κ1) is 13.4. The molecular weight excluding hydrogens is 257 g/mol. The van der Waals surface area contributed by atoms with Crippen molar-refractivity contribution in [3.05, 3.63) is 29.6 Å². The molecular formula is C16H20FNO2. The number of carboxylic acid groups (broad SMARTS) is 1. The van der Waals surface area contributed by atoms with Gasteiger partial charge in [0, 0.05) is 13.1 Å². The molecule has 1 aliphatic heterocycles. The van der Waals surface area contributed by atoms with Crippen LogP contribution >= 0.6 is 0 Å². The van der Waals surface area contributed by atoms with Crippen LogP contribution in [0, 0.1) is 5.82 Å². The molecule has 1 aromatic rings. The Morgan fingerprint density at radius 2 is 1.80 bits per heavy atom. The van der Waals surface area contributed by atoms with Gasteiger partial charge in [0.15, 0.2) is 0 Å². The molecule has 108 valence electrons. The molecule has 3 nitrogen and oxygen atoms in total. The molecule has 1 aliphatic carbocycles. The highest BCUT2D eigenvalue weighted by Crippen LogP contribution is 2.42. The van der Waals surface area contributed by atoms with Crippen LogP contribution in [0.25, 0.3) is 0 Å². The van der Waals surface area contributed by atoms with E-state index < -0.39 is 11.4 Å². The van der Waals surface area contributed by atoms with Gasteiger partial charge in [0.05, 0.1) is 11.1 Å². The van der Waals surface area contributed by atoms with Crippen LogP contribution in [-0.4, -0.2) is 24.2 Å². The van der Waals surface area contributed by atoms with Crippen LogP contribution in [0.15, 0.2) is 18.2 Å². The van der Waals surface area contributed by atoms with Crippen LogP contribution in [0.3, 0.4) is 0 Å². The predicted octanol–water partition coefficient (Wildman–Crippen LogP) is 3.32. The lowest BCUT2D eigenvalue weighted by Gasteiger charge is -2.26. The summed E-state index contributed by atoms with van der Waals surface area (Å²) in [6.45, 7) is 1.78. The van der Waals surface area contributed by atoms with Crippen molar-refractivity contribution in [2.24, 2.45) is 0 Å². The summed E-state index contributed by atoms with van der Waals surface area (Å²) >= 11 is 0. The second-order valence-electron chi connectivity index (χ2n) is 5.95. The summed E-state index contributed by atoms with van der Waals surface area (Å²) in [6.07, 6.45) is 5.24. The summed E-state index contributed by atoms with van der Waals surface area (Å²) in [6, 6.07) is 5.03. The van der Waals surface area contributed by atoms with Crippen molar-refractivity contribution in [3.63, 3.8) is 0 Å². The van der Waals surface area contributed by atoms with Gasteiger partial charge in [-0.15, -0.1) is 0 Å². The molecule has 3 rings (SSSR count). The van der Waals surface area contributed by atoms with Crippen molar-refractivity contribution in [1.82, 2.24) is 0 Å². The lowest BCUT2D eigenvalue weighted by atomic mass is 9.79. The summed E-state index contributed by atoms with van der Waals surface area (Å²) in [5, 5.41) is 9.56. The number of aliphatic carboxylic acids is 1. The molecule has 0 unspecified atom stereocenters. The fourth-order valence-corrected chi connectivity index (χ4v) is 3.62. The van der Waals surface area contributed by atoms with Crippen LogP contribution in [0.1, 0.15) is 44.1 Å². The fraction of sp³-hybridized carbons (Fsp3) is 0.562. The normalized spacial score (nSPS) is 21.4. The molecule has 0 radical (unpaired) electrons. The number of halogens is 1. The molecule has 2 fully saturated rings. The van der Waals surface area contributed by atoms with E-state index in [-0.39, 0.29) is 5.82 Å². The molecule has 0 aromatic heterocycles. The van der Waals surface area contributed by atoms with Crippen LogP contribution < -0.4 is 4.90 Å². The number of anilines is 1. The fourth-order valence-electron chi connectivity index (χ4n) is 3.62. The van der Waals surface area contributed by atoms with Crippen LogP contribution in [-0.2, 0) is 10.2 Å². The molecule has 1 saturated heterocycles. The highest BCUT2D eigenvalue weighted by molar-refractivity contribution is 5.82. The van der Waals surface area contributed by atoms with Gasteiger partial charge in [0.1, 0.15) is 5.82 Å². The van der Waals surface area contributed by atoms with Crippen molar-refractivity contribution < 1.29 is 14.3 Å². The zero-order chi connectivity index (χ0) is 14.2. The van der Waals surface area contributed by atoms with Gasteiger partial charge in [-0.3, -0.25) is 4.79 Å². The molecule has 20 heavy (non-hydrogen) atoms. The first-order chi connectivity index (χ1) is 9.63. The molecule has 0 atom stereocenters. The molecule has 0 spiro atoms. The van der Waals surface area contributed by atoms with E-state index in [1.165, 1.54) is 6.07 Å². The van der Waals surface area contributed by atoms with Crippen LogP contribution in [0.4, 0.5) is 10.1 Å². The van der Waals surface area contributed by atoms with E-state index in [9.17, 15) is 14.3 Å². The van der Waals surface area contributed by atoms with Crippen molar-refractivity contribution in [1.29, 1.82) is 0 Å². The minimum atomic E-state index is -0.871. The maximum absolute atomic E-state index is 14.4. The Labute approximate surface area is 118 Å². The third-order valence-electron chi connectivity index (χ3n) is 4.81. The first-order valence-electron chi connectivity index (χ1n) is 7.42. The number of carboxylic acids is 1. The van der Waals surface area contributed by atoms with E-state index in [1.807, 2.05) is 11.0 Å². The van der Waals surface area contributed by atoms with Crippen LogP contribution in [0.5, 0.6) is 0 Å². The van der Waals surface area contributed by atoms with Crippen LogP contribution in [0.2, 0.25) is 0 Å². The van der Waals surface area contributed by atoms with Gasteiger partial charge in [0.25, 0.3) is 0 Å². The van der Waals surface area contributed by atoms with Gasteiger partial charge in [-0.2, -0.15) is 0 Å². The summed E-state index contributed by atoms with van der Waals surface area (Å²) in [5.41, 5.74) is 0.373. The number of hydrogen-bond acceptors (Lipinski definition) is 2. The molecule has 1 N–H and O–H groups in total. The largest absolute Gasteiger partial charge is 0.481 e. The topological polar surface area (TPSA) is 40.5 Å². The lowest BCUT2D eigenvalue weighted by Crippen LogP contribution is -2.32. The number of rotatable bonds is 3. The Hall–Kier alpha value is -1.58. The number of nitrogens with zero attached hydrogens (tertiary/aromatic N) is 1. The summed E-state index contributed by atoms with van der Waals surface area (Å²) in [4.78, 5) is 13.7. The Balaban J connectivity index is 1.95. The van der Waals surface area contributed by atoms with Gasteiger partial charge in [-0.1, -0.05) is 18.9 Å². The smallest absolute Gasteiger partial charge is 0.314 e. The first-order valence-corrected chi connectivity index (χ1v) is 7.42. The molecule has 1 aromatic carbocycles. The molecule has 0 bridgehead atoms. The van der Waals surface area contributed by atoms with Gasteiger partial charge < -0.3 is 10.0 Å². The van der Waals surface area contributed by atoms with Crippen molar-refractivity contribution in [2.75, 3.05) is 18.0 Å². The van der Waals surface area contributed by atoms with E-state index in [1.54, 1.807) is 6.07 Å². The molecule has 1 saturated carbocycles. The molecule has 1 heterocycles. The van der Waals surface area contributed by atoms with Crippen molar-refractivity contribution >= 4 is 11.7 Å². The van der Waals surface area contributed by atoms with Crippen molar-refractivity contribution in [2.45, 2.75) is 43.9 Å². The van der Waals surface area contributed by atoms with E-state index in [4.69, 9.17) is 0 Å². The third kappa shape index (κ3) is 2.07. The second kappa shape index (κ2) is 5.08. The molecule has 2 aliphatic rings. The van der Waals surface area contributed by atoms with Gasteiger partial charge >= 0.3 is 5.97 Å². The molecule has 4 heteroatoms. The van der Waals surface area contributed by atoms with Gasteiger partial charge in [0.2, 0.25) is 0 Å². The number of hydrogen-bond donors (Lipinski definition) is 1. The SMILES string of the molecule is O=C(O)C1(c2ccc(N3CCCC3)c(F)c2)CCCC1. The maximum Gasteiger partial charge on any atom is 0.314 e. The molecule has 0 amide bonds. The maximum atomic E-state index is 14.4. The lowest BCUT2D eigenvalue weighted by molar-refractivity contribution is -0.143. The average molecular weight is 277 g/mol. The zero-order valence-electron chi connectivity index (χ0n) is 11.6. The zero-order valence-corrected chi connectivity index (χ0v) is 11.6. The van der Waals surface area contributed by atoms with E-state index in [0.29, 0.717) is 24.1 Å². The Morgan fingerprint density at radius 1 is 1.15 bits per heavy atom. The Kier molecular flexibility index (Phi) is 3.40. The average Bonchev–Trinajstić information content (AvgIpc) is 3.11. The van der Waals surface area contributed by atoms with E-state index >= 15 is 0 Å². The number of carbonyl (C=O) groups is 1. The number of benzene rings is 1. The highest BCUT2D eigenvalue weighted by Gasteiger charge is 2.43. The Morgan fingerprint density at radius 3 is 2.35 bits per heavy atom. The Bertz CT molecular complexity index is 517. The van der Waals surface area contributed by atoms with E-state index in [0.717, 1.165) is 38.8 Å². The van der Waals surface area contributed by atoms with Gasteiger partial charge in [-0.05, 0) is 43.4 Å². The van der Waals surface area contributed by atoms with E-state index in [2.05, 4.69) is 0 Å². The third-order valence-corrected chi connectivity index (χ3v) is 4.81. The monoisotopic (exact) mass is 277 g/mol. The summed E-state index contributed by atoms with van der Waals surface area (Å²) in [5.74, 6) is -1.10. The standard InChI is InChI=1S/C16H20FNO2/c17-13-11-12(16(15(19)20)7-1-2-8-16)5-6-14(13)18-9-3-4-10-18/h5-6,11H,1-4,7-10H2,(H,19,20). The second-order valence-corrected chi connectivity index (χ2v) is 5.95. The highest BCUT2D eigenvalue weighted by atomic mass is 19.1. The minimum Gasteiger partial charge on any atom is -0.481 e. The quantitative estimate of drug-likeness (QED) is 0.921. The van der Waals surface area contributed by atoms with Crippen molar-refractivity contribution in [3.8, 4) is 0 Å².